The molecule has 14 heavy (non-hydrogen) atoms. The largest absolute Gasteiger partial charge is 0.347 e. The number of carbonyl (C=O) groups excluding carboxylic acids is 1. The molecule has 1 N–H and O–H groups in total. The Morgan fingerprint density at radius 2 is 2.07 bits per heavy atom. The number of amides is 1. The van der Waals surface area contributed by atoms with E-state index in [1.165, 1.54) is 13.0 Å². The standard InChI is InChI=1S/C11H12FNO/c1-8(14)13-11(6-7-11)9-4-2-3-5-10(9)12/h2-5H,6-7H2,1H3,(H,13,14). The number of nitrogens with one attached hydrogen (secondary N) is 1. The Kier molecular flexibility index (Phi) is 2.02. The number of benzene rings is 1. The Hall–Kier alpha value is -1.38. The van der Waals surface area contributed by atoms with E-state index in [-0.39, 0.29) is 11.7 Å². The number of hydrogen-bond donors (Lipinski definition) is 1. The molecule has 0 spiro atoms. The third-order valence-corrected chi connectivity index (χ3v) is 2.55. The molecule has 0 saturated heterocycles. The summed E-state index contributed by atoms with van der Waals surface area (Å²) in [6, 6.07) is 6.61. The van der Waals surface area contributed by atoms with Crippen molar-refractivity contribution in [1.82, 2.24) is 5.32 Å². The van der Waals surface area contributed by atoms with Gasteiger partial charge in [0.2, 0.25) is 5.91 Å². The zero-order chi connectivity index (χ0) is 10.2. The van der Waals surface area contributed by atoms with Gasteiger partial charge in [0.05, 0.1) is 5.54 Å². The lowest BCUT2D eigenvalue weighted by atomic mass is 10.0. The summed E-state index contributed by atoms with van der Waals surface area (Å²) in [5, 5.41) is 2.81. The molecule has 0 atom stereocenters. The summed E-state index contributed by atoms with van der Waals surface area (Å²) in [4.78, 5) is 11.0. The Balaban J connectivity index is 2.31. The number of rotatable bonds is 2. The van der Waals surface area contributed by atoms with Gasteiger partial charge >= 0.3 is 0 Å². The molecule has 2 nitrogen and oxygen atoms in total. The fourth-order valence-corrected chi connectivity index (χ4v) is 1.77. The van der Waals surface area contributed by atoms with Crippen LogP contribution in [0.15, 0.2) is 24.3 Å². The molecule has 1 aliphatic carbocycles. The molecule has 3 heteroatoms. The van der Waals surface area contributed by atoms with E-state index < -0.39 is 5.54 Å². The first-order chi connectivity index (χ1) is 6.64. The highest BCUT2D eigenvalue weighted by Gasteiger charge is 2.46. The maximum atomic E-state index is 13.4. The van der Waals surface area contributed by atoms with E-state index >= 15 is 0 Å². The molecule has 1 aromatic carbocycles. The van der Waals surface area contributed by atoms with Crippen molar-refractivity contribution in [3.63, 3.8) is 0 Å². The van der Waals surface area contributed by atoms with Crippen LogP contribution in [-0.2, 0) is 10.3 Å². The van der Waals surface area contributed by atoms with Crippen LogP contribution >= 0.6 is 0 Å². The van der Waals surface area contributed by atoms with Crippen molar-refractivity contribution in [2.45, 2.75) is 25.3 Å². The topological polar surface area (TPSA) is 29.1 Å². The van der Waals surface area contributed by atoms with Crippen LogP contribution in [0.2, 0.25) is 0 Å². The average molecular weight is 193 g/mol. The van der Waals surface area contributed by atoms with Gasteiger partial charge in [-0.15, -0.1) is 0 Å². The van der Waals surface area contributed by atoms with Crippen molar-refractivity contribution in [3.05, 3.63) is 35.6 Å². The van der Waals surface area contributed by atoms with E-state index in [0.29, 0.717) is 5.56 Å². The van der Waals surface area contributed by atoms with Crippen molar-refractivity contribution in [2.24, 2.45) is 0 Å². The summed E-state index contributed by atoms with van der Waals surface area (Å²) < 4.78 is 13.4. The molecule has 0 heterocycles. The molecule has 1 amide bonds. The van der Waals surface area contributed by atoms with E-state index in [1.807, 2.05) is 0 Å². The van der Waals surface area contributed by atoms with Gasteiger partial charge in [-0.1, -0.05) is 18.2 Å². The van der Waals surface area contributed by atoms with Crippen molar-refractivity contribution < 1.29 is 9.18 Å². The first kappa shape index (κ1) is 9.19. The van der Waals surface area contributed by atoms with Crippen molar-refractivity contribution in [1.29, 1.82) is 0 Å². The molecule has 0 aromatic heterocycles. The van der Waals surface area contributed by atoms with E-state index in [2.05, 4.69) is 5.32 Å². The smallest absolute Gasteiger partial charge is 0.217 e. The van der Waals surface area contributed by atoms with Gasteiger partial charge in [0.15, 0.2) is 0 Å². The second kappa shape index (κ2) is 3.08. The van der Waals surface area contributed by atoms with Crippen LogP contribution in [0.25, 0.3) is 0 Å². The van der Waals surface area contributed by atoms with Gasteiger partial charge in [0.1, 0.15) is 5.82 Å². The molecule has 0 unspecified atom stereocenters. The zero-order valence-electron chi connectivity index (χ0n) is 8.01. The highest BCUT2D eigenvalue weighted by molar-refractivity contribution is 5.74. The fourth-order valence-electron chi connectivity index (χ4n) is 1.77. The summed E-state index contributed by atoms with van der Waals surface area (Å²) in [7, 11) is 0. The third kappa shape index (κ3) is 1.50. The summed E-state index contributed by atoms with van der Waals surface area (Å²) in [6.07, 6.45) is 1.65. The number of halogens is 1. The van der Waals surface area contributed by atoms with Crippen LogP contribution in [-0.4, -0.2) is 5.91 Å². The predicted molar refractivity (Wildman–Crippen MR) is 51.1 cm³/mol. The second-order valence-corrected chi connectivity index (χ2v) is 3.74. The highest BCUT2D eigenvalue weighted by atomic mass is 19.1. The SMILES string of the molecule is CC(=O)NC1(c2ccccc2F)CC1. The minimum atomic E-state index is -0.419. The summed E-state index contributed by atoms with van der Waals surface area (Å²) in [5.74, 6) is -0.343. The Bertz CT molecular complexity index is 371. The molecule has 2 rings (SSSR count). The van der Waals surface area contributed by atoms with Crippen molar-refractivity contribution in [3.8, 4) is 0 Å². The molecule has 1 aromatic rings. The Morgan fingerprint density at radius 1 is 1.43 bits per heavy atom. The first-order valence-electron chi connectivity index (χ1n) is 4.68. The Labute approximate surface area is 82.1 Å². The van der Waals surface area contributed by atoms with Gasteiger partial charge < -0.3 is 5.32 Å². The molecule has 74 valence electrons. The van der Waals surface area contributed by atoms with Crippen molar-refractivity contribution in [2.75, 3.05) is 0 Å². The minimum Gasteiger partial charge on any atom is -0.347 e. The van der Waals surface area contributed by atoms with E-state index in [4.69, 9.17) is 0 Å². The molecule has 1 aliphatic rings. The van der Waals surface area contributed by atoms with E-state index in [1.54, 1.807) is 18.2 Å². The minimum absolute atomic E-state index is 0.106. The van der Waals surface area contributed by atoms with E-state index in [0.717, 1.165) is 12.8 Å². The maximum absolute atomic E-state index is 13.4. The molecule has 1 saturated carbocycles. The third-order valence-electron chi connectivity index (χ3n) is 2.55. The summed E-state index contributed by atoms with van der Waals surface area (Å²) >= 11 is 0. The van der Waals surface area contributed by atoms with Gasteiger partial charge in [0, 0.05) is 12.5 Å². The predicted octanol–water partition coefficient (Wildman–Crippen LogP) is 1.95. The lowest BCUT2D eigenvalue weighted by Gasteiger charge is -2.17. The van der Waals surface area contributed by atoms with Gasteiger partial charge in [0.25, 0.3) is 0 Å². The number of carbonyl (C=O) groups is 1. The molecular weight excluding hydrogens is 181 g/mol. The molecule has 1 fully saturated rings. The lowest BCUT2D eigenvalue weighted by molar-refractivity contribution is -0.120. The zero-order valence-corrected chi connectivity index (χ0v) is 8.01. The van der Waals surface area contributed by atoms with Gasteiger partial charge in [-0.05, 0) is 18.9 Å². The molecule has 0 bridgehead atoms. The van der Waals surface area contributed by atoms with Crippen LogP contribution in [0, 0.1) is 5.82 Å². The Morgan fingerprint density at radius 3 is 2.57 bits per heavy atom. The van der Waals surface area contributed by atoms with E-state index in [9.17, 15) is 9.18 Å². The summed E-state index contributed by atoms with van der Waals surface area (Å²) in [6.45, 7) is 1.46. The van der Waals surface area contributed by atoms with Crippen LogP contribution in [0.3, 0.4) is 0 Å². The quantitative estimate of drug-likeness (QED) is 0.764. The molecular formula is C11H12FNO. The van der Waals surface area contributed by atoms with Crippen molar-refractivity contribution >= 4 is 5.91 Å². The summed E-state index contributed by atoms with van der Waals surface area (Å²) in [5.41, 5.74) is 0.187. The highest BCUT2D eigenvalue weighted by Crippen LogP contribution is 2.46. The molecule has 0 radical (unpaired) electrons. The monoisotopic (exact) mass is 193 g/mol. The van der Waals surface area contributed by atoms with Crippen LogP contribution in [0.4, 0.5) is 4.39 Å². The number of hydrogen-bond acceptors (Lipinski definition) is 1. The van der Waals surface area contributed by atoms with Crippen LogP contribution in [0.1, 0.15) is 25.3 Å². The average Bonchev–Trinajstić information content (AvgIpc) is 2.85. The van der Waals surface area contributed by atoms with Gasteiger partial charge in [-0.3, -0.25) is 4.79 Å². The van der Waals surface area contributed by atoms with Gasteiger partial charge in [-0.25, -0.2) is 4.39 Å². The normalized spacial score (nSPS) is 17.6. The first-order valence-corrected chi connectivity index (χ1v) is 4.68. The maximum Gasteiger partial charge on any atom is 0.217 e. The molecule has 0 aliphatic heterocycles. The van der Waals surface area contributed by atoms with Gasteiger partial charge in [-0.2, -0.15) is 0 Å². The lowest BCUT2D eigenvalue weighted by Crippen LogP contribution is -2.33. The fraction of sp³-hybridized carbons (Fsp3) is 0.364. The second-order valence-electron chi connectivity index (χ2n) is 3.74. The van der Waals surface area contributed by atoms with Crippen LogP contribution < -0.4 is 5.32 Å². The van der Waals surface area contributed by atoms with Crippen LogP contribution in [0.5, 0.6) is 0 Å².